The molecule has 2 aromatic carbocycles. The van der Waals surface area contributed by atoms with Crippen LogP contribution in [-0.2, 0) is 21.2 Å². The molecule has 0 spiro atoms. The molecular weight excluding hydrogens is 362 g/mol. The van der Waals surface area contributed by atoms with Crippen LogP contribution in [0.15, 0.2) is 42.5 Å². The lowest BCUT2D eigenvalue weighted by Gasteiger charge is -2.31. The van der Waals surface area contributed by atoms with Crippen molar-refractivity contribution in [1.29, 1.82) is 0 Å². The van der Waals surface area contributed by atoms with E-state index < -0.39 is 33.6 Å². The van der Waals surface area contributed by atoms with Gasteiger partial charge in [0.05, 0.1) is 11.9 Å². The van der Waals surface area contributed by atoms with Crippen molar-refractivity contribution in [2.45, 2.75) is 19.4 Å². The van der Waals surface area contributed by atoms with E-state index in [1.54, 1.807) is 12.1 Å². The number of carbonyl (C=O) groups is 1. The van der Waals surface area contributed by atoms with Crippen LogP contribution in [0.1, 0.15) is 12.5 Å². The Morgan fingerprint density at radius 2 is 1.85 bits per heavy atom. The number of hydrogen-bond donors (Lipinski definition) is 0. The van der Waals surface area contributed by atoms with E-state index in [4.69, 9.17) is 0 Å². The molecule has 1 aliphatic rings. The Bertz CT molecular complexity index is 963. The summed E-state index contributed by atoms with van der Waals surface area (Å²) in [6.45, 7) is 1.88. The second-order valence-electron chi connectivity index (χ2n) is 6.20. The monoisotopic (exact) mass is 380 g/mol. The Hall–Kier alpha value is -2.48. The summed E-state index contributed by atoms with van der Waals surface area (Å²) in [5, 5.41) is 0. The first-order valence-corrected chi connectivity index (χ1v) is 9.88. The normalized spacial score (nSPS) is 14.8. The number of benzene rings is 2. The van der Waals surface area contributed by atoms with Crippen LogP contribution in [0.5, 0.6) is 0 Å². The minimum atomic E-state index is -3.90. The fourth-order valence-electron chi connectivity index (χ4n) is 3.22. The van der Waals surface area contributed by atoms with Crippen LogP contribution >= 0.6 is 0 Å². The van der Waals surface area contributed by atoms with Gasteiger partial charge >= 0.3 is 0 Å². The first-order valence-electron chi connectivity index (χ1n) is 8.04. The molecule has 0 bridgehead atoms. The van der Waals surface area contributed by atoms with Crippen molar-refractivity contribution in [3.05, 3.63) is 59.7 Å². The molecule has 0 unspecified atom stereocenters. The Labute approximate surface area is 150 Å². The molecule has 3 rings (SSSR count). The molecular formula is C18H18F2N2O3S. The van der Waals surface area contributed by atoms with Crippen LogP contribution in [0, 0.1) is 11.6 Å². The smallest absolute Gasteiger partial charge is 0.250 e. The first kappa shape index (κ1) is 18.3. The molecule has 5 nitrogen and oxygen atoms in total. The third-order valence-corrected chi connectivity index (χ3v) is 5.62. The number of rotatable bonds is 4. The molecule has 1 amide bonds. The molecule has 0 aromatic heterocycles. The molecule has 2 aromatic rings. The molecule has 1 heterocycles. The number of carbonyl (C=O) groups excluding carboxylic acids is 1. The summed E-state index contributed by atoms with van der Waals surface area (Å²) in [6, 6.07) is 9.04. The highest BCUT2D eigenvalue weighted by Crippen LogP contribution is 2.30. The standard InChI is InChI=1S/C18H18F2N2O3S/c1-12(18(23)21-10-9-13-5-3-4-6-17(13)21)22(26(2,24)25)14-7-8-15(19)16(20)11-14/h3-8,11-12H,9-10H2,1-2H3/t12-/m0/s1. The largest absolute Gasteiger partial charge is 0.310 e. The average Bonchev–Trinajstić information content (AvgIpc) is 3.00. The molecule has 8 heteroatoms. The van der Waals surface area contributed by atoms with Crippen molar-refractivity contribution in [2.24, 2.45) is 0 Å². The third kappa shape index (κ3) is 3.29. The molecule has 0 radical (unpaired) electrons. The zero-order valence-corrected chi connectivity index (χ0v) is 15.1. The van der Waals surface area contributed by atoms with Crippen molar-refractivity contribution in [2.75, 3.05) is 22.0 Å². The topological polar surface area (TPSA) is 57.7 Å². The second-order valence-corrected chi connectivity index (χ2v) is 8.06. The number of sulfonamides is 1. The van der Waals surface area contributed by atoms with Gasteiger partial charge in [0.15, 0.2) is 11.6 Å². The van der Waals surface area contributed by atoms with Gasteiger partial charge in [0.25, 0.3) is 5.91 Å². The molecule has 0 N–H and O–H groups in total. The van der Waals surface area contributed by atoms with E-state index in [1.165, 1.54) is 11.8 Å². The highest BCUT2D eigenvalue weighted by Gasteiger charge is 2.35. The zero-order valence-electron chi connectivity index (χ0n) is 14.3. The van der Waals surface area contributed by atoms with Gasteiger partial charge in [-0.1, -0.05) is 18.2 Å². The molecule has 26 heavy (non-hydrogen) atoms. The van der Waals surface area contributed by atoms with Gasteiger partial charge in [-0.05, 0) is 37.1 Å². The molecule has 1 atom stereocenters. The van der Waals surface area contributed by atoms with Gasteiger partial charge < -0.3 is 4.90 Å². The van der Waals surface area contributed by atoms with Gasteiger partial charge in [0.1, 0.15) is 6.04 Å². The van der Waals surface area contributed by atoms with E-state index in [9.17, 15) is 22.0 Å². The number of halogens is 2. The van der Waals surface area contributed by atoms with Gasteiger partial charge in [-0.3, -0.25) is 9.10 Å². The Balaban J connectivity index is 1.97. The molecule has 0 aliphatic carbocycles. The van der Waals surface area contributed by atoms with E-state index >= 15 is 0 Å². The predicted octanol–water partition coefficient (Wildman–Crippen LogP) is 2.71. The highest BCUT2D eigenvalue weighted by molar-refractivity contribution is 7.92. The number of anilines is 2. The highest BCUT2D eigenvalue weighted by atomic mass is 32.2. The molecule has 1 aliphatic heterocycles. The number of hydrogen-bond acceptors (Lipinski definition) is 3. The maximum Gasteiger partial charge on any atom is 0.250 e. The van der Waals surface area contributed by atoms with Crippen molar-refractivity contribution >= 4 is 27.3 Å². The summed E-state index contributed by atoms with van der Waals surface area (Å²) >= 11 is 0. The van der Waals surface area contributed by atoms with Crippen molar-refractivity contribution in [1.82, 2.24) is 0 Å². The van der Waals surface area contributed by atoms with Crippen molar-refractivity contribution in [3.63, 3.8) is 0 Å². The van der Waals surface area contributed by atoms with Crippen LogP contribution in [0.3, 0.4) is 0 Å². The maximum atomic E-state index is 13.6. The predicted molar refractivity (Wildman–Crippen MR) is 95.6 cm³/mol. The Morgan fingerprint density at radius 1 is 1.15 bits per heavy atom. The minimum Gasteiger partial charge on any atom is -0.310 e. The van der Waals surface area contributed by atoms with E-state index in [0.29, 0.717) is 13.0 Å². The van der Waals surface area contributed by atoms with E-state index in [0.717, 1.165) is 40.0 Å². The van der Waals surface area contributed by atoms with Gasteiger partial charge in [-0.25, -0.2) is 17.2 Å². The van der Waals surface area contributed by atoms with Crippen LogP contribution in [0.2, 0.25) is 0 Å². The Kier molecular flexibility index (Phi) is 4.70. The number of fused-ring (bicyclic) bond motifs is 1. The molecule has 138 valence electrons. The van der Waals surface area contributed by atoms with Gasteiger partial charge in [0, 0.05) is 18.3 Å². The Morgan fingerprint density at radius 3 is 2.50 bits per heavy atom. The number of nitrogens with zero attached hydrogens (tertiary/aromatic N) is 2. The first-order chi connectivity index (χ1) is 12.2. The fraction of sp³-hybridized carbons (Fsp3) is 0.278. The molecule has 0 saturated heterocycles. The quantitative estimate of drug-likeness (QED) is 0.820. The average molecular weight is 380 g/mol. The van der Waals surface area contributed by atoms with Gasteiger partial charge in [-0.2, -0.15) is 0 Å². The summed E-state index contributed by atoms with van der Waals surface area (Å²) < 4.78 is 52.2. The molecule has 0 fully saturated rings. The SMILES string of the molecule is C[C@@H](C(=O)N1CCc2ccccc21)N(c1ccc(F)c(F)c1)S(C)(=O)=O. The van der Waals surface area contributed by atoms with Gasteiger partial charge in [-0.15, -0.1) is 0 Å². The van der Waals surface area contributed by atoms with E-state index in [1.807, 2.05) is 12.1 Å². The number of amides is 1. The molecule has 0 saturated carbocycles. The third-order valence-electron chi connectivity index (χ3n) is 4.38. The second kappa shape index (κ2) is 6.68. The van der Waals surface area contributed by atoms with Crippen molar-refractivity contribution < 1.29 is 22.0 Å². The van der Waals surface area contributed by atoms with E-state index in [2.05, 4.69) is 0 Å². The lowest BCUT2D eigenvalue weighted by molar-refractivity contribution is -0.119. The summed E-state index contributed by atoms with van der Waals surface area (Å²) in [5.74, 6) is -2.69. The van der Waals surface area contributed by atoms with Gasteiger partial charge in [0.2, 0.25) is 10.0 Å². The van der Waals surface area contributed by atoms with Crippen LogP contribution in [0.25, 0.3) is 0 Å². The summed E-state index contributed by atoms with van der Waals surface area (Å²) in [4.78, 5) is 14.5. The maximum absolute atomic E-state index is 13.6. The lowest BCUT2D eigenvalue weighted by Crippen LogP contribution is -2.49. The minimum absolute atomic E-state index is 0.0975. The van der Waals surface area contributed by atoms with Crippen LogP contribution in [-0.4, -0.2) is 33.2 Å². The summed E-state index contributed by atoms with van der Waals surface area (Å²) in [5.41, 5.74) is 1.65. The summed E-state index contributed by atoms with van der Waals surface area (Å²) in [7, 11) is -3.90. The van der Waals surface area contributed by atoms with E-state index in [-0.39, 0.29) is 5.69 Å². The summed E-state index contributed by atoms with van der Waals surface area (Å²) in [6.07, 6.45) is 1.61. The van der Waals surface area contributed by atoms with Crippen LogP contribution in [0.4, 0.5) is 20.2 Å². The lowest BCUT2D eigenvalue weighted by atomic mass is 10.2. The van der Waals surface area contributed by atoms with Crippen LogP contribution < -0.4 is 9.21 Å². The van der Waals surface area contributed by atoms with Crippen molar-refractivity contribution in [3.8, 4) is 0 Å². The zero-order chi connectivity index (χ0) is 19.1. The fourth-order valence-corrected chi connectivity index (χ4v) is 4.38. The number of para-hydroxylation sites is 1.